The van der Waals surface area contributed by atoms with Crippen LogP contribution in [0.1, 0.15) is 19.9 Å². The smallest absolute Gasteiger partial charge is 0.303 e. The summed E-state index contributed by atoms with van der Waals surface area (Å²) in [6.07, 6.45) is 0. The monoisotopic (exact) mass is 484 g/mol. The van der Waals surface area contributed by atoms with Crippen LogP contribution in [0, 0.1) is 13.1 Å². The SMILES string of the molecule is [C-]#[N+]c1[nH]nc2cc(Br)ccc12.[C-]#[N+]c1nn(C(C)C)c2cc(Br)ccc12. The van der Waals surface area contributed by atoms with Gasteiger partial charge in [0, 0.05) is 19.7 Å². The fourth-order valence-electron chi connectivity index (χ4n) is 2.63. The van der Waals surface area contributed by atoms with Gasteiger partial charge in [-0.2, -0.15) is 4.68 Å². The molecule has 0 bridgehead atoms. The molecule has 2 heterocycles. The summed E-state index contributed by atoms with van der Waals surface area (Å²) >= 11 is 6.76. The molecule has 0 aliphatic carbocycles. The van der Waals surface area contributed by atoms with Gasteiger partial charge in [0.25, 0.3) is 5.82 Å². The highest BCUT2D eigenvalue weighted by Gasteiger charge is 2.14. The van der Waals surface area contributed by atoms with E-state index >= 15 is 0 Å². The van der Waals surface area contributed by atoms with E-state index in [1.54, 1.807) is 0 Å². The van der Waals surface area contributed by atoms with E-state index in [-0.39, 0.29) is 6.04 Å². The van der Waals surface area contributed by atoms with E-state index in [4.69, 9.17) is 13.1 Å². The van der Waals surface area contributed by atoms with Crippen molar-refractivity contribution in [1.29, 1.82) is 0 Å². The first kappa shape index (κ1) is 19.1. The standard InChI is InChI=1S/C11H10BrN3.C8H4BrN3/c1-7(2)15-10-6-8(12)4-5-9(10)11(13-3)14-15;1-10-8-6-3-2-5(9)4-7(6)11-12-8/h4-7H,1-2H3;2-4H,(H,11,12). The number of rotatable bonds is 1. The van der Waals surface area contributed by atoms with E-state index in [2.05, 4.69) is 70.7 Å². The molecular weight excluding hydrogens is 472 g/mol. The first-order chi connectivity index (χ1) is 12.9. The van der Waals surface area contributed by atoms with Crippen molar-refractivity contribution in [1.82, 2.24) is 20.0 Å². The predicted molar refractivity (Wildman–Crippen MR) is 114 cm³/mol. The van der Waals surface area contributed by atoms with Gasteiger partial charge in [-0.25, -0.2) is 5.10 Å². The summed E-state index contributed by atoms with van der Waals surface area (Å²) in [5, 5.41) is 12.7. The molecule has 0 atom stereocenters. The number of hydrogen-bond acceptors (Lipinski definition) is 2. The summed E-state index contributed by atoms with van der Waals surface area (Å²) in [4.78, 5) is 6.74. The molecule has 0 aliphatic heterocycles. The molecule has 0 aliphatic rings. The maximum absolute atomic E-state index is 7.07. The van der Waals surface area contributed by atoms with E-state index in [0.717, 1.165) is 30.8 Å². The molecule has 4 aromatic rings. The minimum absolute atomic E-state index is 0.261. The van der Waals surface area contributed by atoms with Gasteiger partial charge >= 0.3 is 5.82 Å². The van der Waals surface area contributed by atoms with Gasteiger partial charge in [-0.15, -0.1) is 5.10 Å². The highest BCUT2D eigenvalue weighted by Crippen LogP contribution is 2.29. The number of nitrogens with zero attached hydrogens (tertiary/aromatic N) is 5. The largest absolute Gasteiger partial charge is 0.362 e. The quantitative estimate of drug-likeness (QED) is 0.301. The Morgan fingerprint density at radius 3 is 2.30 bits per heavy atom. The van der Waals surface area contributed by atoms with Gasteiger partial charge in [0.2, 0.25) is 0 Å². The first-order valence-corrected chi connectivity index (χ1v) is 9.59. The lowest BCUT2D eigenvalue weighted by Gasteiger charge is -2.02. The second kappa shape index (κ2) is 7.91. The molecule has 0 fully saturated rings. The Morgan fingerprint density at radius 1 is 1.00 bits per heavy atom. The first-order valence-electron chi connectivity index (χ1n) is 8.01. The van der Waals surface area contributed by atoms with Gasteiger partial charge in [0.1, 0.15) is 5.52 Å². The normalized spacial score (nSPS) is 10.5. The Morgan fingerprint density at radius 2 is 1.67 bits per heavy atom. The highest BCUT2D eigenvalue weighted by atomic mass is 79.9. The Labute approximate surface area is 173 Å². The van der Waals surface area contributed by atoms with Gasteiger partial charge in [-0.05, 0) is 43.2 Å². The van der Waals surface area contributed by atoms with Crippen LogP contribution in [0.2, 0.25) is 0 Å². The molecule has 0 saturated heterocycles. The molecule has 0 amide bonds. The molecule has 27 heavy (non-hydrogen) atoms. The molecule has 2 aromatic heterocycles. The summed E-state index contributed by atoms with van der Waals surface area (Å²) < 4.78 is 3.86. The van der Waals surface area contributed by atoms with Crippen molar-refractivity contribution in [2.45, 2.75) is 19.9 Å². The van der Waals surface area contributed by atoms with Crippen molar-refractivity contribution in [3.05, 3.63) is 68.2 Å². The number of hydrogen-bond donors (Lipinski definition) is 1. The summed E-state index contributed by atoms with van der Waals surface area (Å²) in [6, 6.07) is 11.8. The van der Waals surface area contributed by atoms with E-state index in [0.29, 0.717) is 11.6 Å². The third-order valence-corrected chi connectivity index (χ3v) is 4.84. The van der Waals surface area contributed by atoms with Crippen LogP contribution in [-0.4, -0.2) is 20.0 Å². The number of fused-ring (bicyclic) bond motifs is 2. The van der Waals surface area contributed by atoms with Gasteiger partial charge in [0.05, 0.1) is 11.6 Å². The van der Waals surface area contributed by atoms with Gasteiger partial charge in [-0.3, -0.25) is 0 Å². The summed E-state index contributed by atoms with van der Waals surface area (Å²) in [7, 11) is 0. The molecular formula is C19H14Br2N6. The zero-order valence-corrected chi connectivity index (χ0v) is 17.7. The maximum atomic E-state index is 7.07. The number of benzene rings is 2. The summed E-state index contributed by atoms with van der Waals surface area (Å²) in [6.45, 7) is 18.0. The van der Waals surface area contributed by atoms with Crippen molar-refractivity contribution in [2.75, 3.05) is 0 Å². The van der Waals surface area contributed by atoms with Crippen molar-refractivity contribution in [3.63, 3.8) is 0 Å². The fraction of sp³-hybridized carbons (Fsp3) is 0.158. The van der Waals surface area contributed by atoms with Gasteiger partial charge in [0.15, 0.2) is 0 Å². The highest BCUT2D eigenvalue weighted by molar-refractivity contribution is 9.10. The zero-order valence-electron chi connectivity index (χ0n) is 14.5. The number of aromatic amines is 1. The van der Waals surface area contributed by atoms with Gasteiger partial charge in [-0.1, -0.05) is 57.1 Å². The van der Waals surface area contributed by atoms with Crippen molar-refractivity contribution in [2.24, 2.45) is 0 Å². The molecule has 0 unspecified atom stereocenters. The predicted octanol–water partition coefficient (Wildman–Crippen LogP) is 6.81. The molecule has 6 nitrogen and oxygen atoms in total. The van der Waals surface area contributed by atoms with Crippen LogP contribution in [0.5, 0.6) is 0 Å². The van der Waals surface area contributed by atoms with Gasteiger partial charge < -0.3 is 9.69 Å². The van der Waals surface area contributed by atoms with Crippen molar-refractivity contribution < 1.29 is 0 Å². The van der Waals surface area contributed by atoms with Crippen LogP contribution in [0.4, 0.5) is 11.6 Å². The number of nitrogens with one attached hydrogen (secondary N) is 1. The molecule has 1 N–H and O–H groups in total. The summed E-state index contributed by atoms with van der Waals surface area (Å²) in [5.41, 5.74) is 1.82. The Kier molecular flexibility index (Phi) is 5.59. The van der Waals surface area contributed by atoms with E-state index in [1.807, 2.05) is 41.1 Å². The molecule has 0 saturated carbocycles. The van der Waals surface area contributed by atoms with Crippen molar-refractivity contribution >= 4 is 65.3 Å². The lowest BCUT2D eigenvalue weighted by Crippen LogP contribution is -2.01. The maximum Gasteiger partial charge on any atom is 0.303 e. The molecule has 0 radical (unpaired) electrons. The lowest BCUT2D eigenvalue weighted by molar-refractivity contribution is 0.553. The summed E-state index contributed by atoms with van der Waals surface area (Å²) in [5.74, 6) is 0.976. The van der Waals surface area contributed by atoms with Crippen molar-refractivity contribution in [3.8, 4) is 0 Å². The number of halogens is 2. The Bertz CT molecular complexity index is 1210. The Balaban J connectivity index is 0.000000159. The zero-order chi connectivity index (χ0) is 19.6. The van der Waals surface area contributed by atoms with Crippen LogP contribution in [0.25, 0.3) is 31.5 Å². The van der Waals surface area contributed by atoms with Crippen LogP contribution in [-0.2, 0) is 0 Å². The van der Waals surface area contributed by atoms with E-state index in [9.17, 15) is 0 Å². The third-order valence-electron chi connectivity index (χ3n) is 3.85. The minimum Gasteiger partial charge on any atom is -0.362 e. The molecule has 4 rings (SSSR count). The van der Waals surface area contributed by atoms with E-state index in [1.165, 1.54) is 0 Å². The second-order valence-corrected chi connectivity index (χ2v) is 7.81. The van der Waals surface area contributed by atoms with Crippen LogP contribution in [0.15, 0.2) is 45.3 Å². The number of H-pyrrole nitrogens is 1. The minimum atomic E-state index is 0.261. The third kappa shape index (κ3) is 3.87. The molecule has 134 valence electrons. The lowest BCUT2D eigenvalue weighted by atomic mass is 10.2. The molecule has 0 spiro atoms. The average molecular weight is 486 g/mol. The van der Waals surface area contributed by atoms with Crippen LogP contribution >= 0.6 is 31.9 Å². The average Bonchev–Trinajstić information content (AvgIpc) is 3.22. The topological polar surface area (TPSA) is 55.2 Å². The van der Waals surface area contributed by atoms with Crippen LogP contribution < -0.4 is 0 Å². The number of aromatic nitrogens is 4. The molecule has 8 heteroatoms. The van der Waals surface area contributed by atoms with E-state index < -0.39 is 0 Å². The fourth-order valence-corrected chi connectivity index (χ4v) is 3.32. The van der Waals surface area contributed by atoms with Crippen LogP contribution in [0.3, 0.4) is 0 Å². The molecule has 2 aromatic carbocycles. The Hall–Kier alpha value is -2.68. The second-order valence-electron chi connectivity index (χ2n) is 5.98.